The van der Waals surface area contributed by atoms with E-state index in [1.165, 1.54) is 274 Å². The number of aryl methyl sites for hydroxylation is 3. The number of nitro groups is 2. The number of ether oxygens (including phenoxy) is 3. The third-order valence-corrected chi connectivity index (χ3v) is 22.3. The van der Waals surface area contributed by atoms with Crippen molar-refractivity contribution in [3.63, 3.8) is 0 Å². The van der Waals surface area contributed by atoms with Gasteiger partial charge >= 0.3 is 83.1 Å². The molecule has 5 aliphatic heterocycles. The van der Waals surface area contributed by atoms with Crippen LogP contribution >= 0.6 is 104 Å². The molecule has 29 heteroatoms. The molecule has 2 aromatic heterocycles. The van der Waals surface area contributed by atoms with Crippen LogP contribution in [-0.2, 0) is 126 Å². The monoisotopic (exact) mass is 2220 g/mol. The van der Waals surface area contributed by atoms with Gasteiger partial charge in [-0.2, -0.15) is 6.42 Å². The molecule has 0 amide bonds. The Hall–Kier alpha value is -5.40. The number of fused-ring (bicyclic) bond motifs is 2. The van der Waals surface area contributed by atoms with Gasteiger partial charge in [0.2, 0.25) is 0 Å². The van der Waals surface area contributed by atoms with E-state index in [0.29, 0.717) is 62.5 Å². The normalized spacial score (nSPS) is 14.2. The van der Waals surface area contributed by atoms with Gasteiger partial charge in [-0.25, -0.2) is 9.59 Å². The van der Waals surface area contributed by atoms with E-state index < -0.39 is 16.2 Å². The van der Waals surface area contributed by atoms with Crippen molar-refractivity contribution in [1.29, 1.82) is 0 Å². The van der Waals surface area contributed by atoms with Crippen LogP contribution in [0.1, 0.15) is 141 Å². The minimum absolute atomic E-state index is 0.0111. The van der Waals surface area contributed by atoms with Gasteiger partial charge in [-0.05, 0) is 282 Å². The summed E-state index contributed by atoms with van der Waals surface area (Å²) in [5, 5.41) is 25.1. The Morgan fingerprint density at radius 2 is 0.700 bits per heavy atom. The van der Waals surface area contributed by atoms with Crippen molar-refractivity contribution in [2.24, 2.45) is 0 Å². The standard InChI is InChI=1S/C22H22N2O4.C15H21NO2.C13H18BrN.C13H18N.C11H14IN.C9H4INO4.C4H7BrO2.C4H7O2.2BrH.2Zn/c25-22-12-9-19-18(20(24(26)27)10-11-21(19)28-22)8-7-16-3-5-17(6-4-16)15-23-13-1-2-14-23;1-13(17)18-11-8-14-4-6-15(7-5-14)12-16-9-2-3-10-16;14-8-7-12-3-5-13(6-4-12)11-15-9-1-2-10-15;1-2-12-5-7-13(8-6-12)11-14-9-3-4-10-14;12-11-5-3-10(4-6-11)9-13-7-1-2-8-13;10-9-5-1-4-8(12)15-7(5)3-2-6(9)11(13)14;1-4(6)7-3-2-5;1-3-6-4(2)5;;;;/h3-6,9-12H,1-2,7-8,13-15H2;4-7H,2-3,8-12H2,1H3;3-6H,1-2,7-11H2;5-8H,1-4,9-11H2;3-6H,1-2,7-9H2;1-4H;2-3H2,1H3;1,3H2,2H3;2*1H;;/q;;;-1;;;;-1;;;2*+2/p-2. The fraction of sp³-hybridized carbons (Fsp3) is 0.418. The number of nitro benzene ring substituents is 2. The summed E-state index contributed by atoms with van der Waals surface area (Å²) in [4.78, 5) is 86.6. The predicted molar refractivity (Wildman–Crippen MR) is 503 cm³/mol. The zero-order valence-electron chi connectivity index (χ0n) is 69.4. The second kappa shape index (κ2) is 61.8. The molecule has 9 aromatic rings. The van der Waals surface area contributed by atoms with Gasteiger partial charge in [0.25, 0.3) is 17.3 Å². The summed E-state index contributed by atoms with van der Waals surface area (Å²) < 4.78 is 25.6. The third-order valence-electron chi connectivity index (χ3n) is 19.7. The maximum absolute atomic E-state index is 11.5. The summed E-state index contributed by atoms with van der Waals surface area (Å²) in [6, 6.07) is 55.2. The molecule has 0 saturated carbocycles. The number of alkyl halides is 2. The van der Waals surface area contributed by atoms with Crippen LogP contribution in [0.25, 0.3) is 21.9 Å². The van der Waals surface area contributed by atoms with Gasteiger partial charge in [0.15, 0.2) is 0 Å². The summed E-state index contributed by atoms with van der Waals surface area (Å²) in [6.07, 6.45) is 17.5. The summed E-state index contributed by atoms with van der Waals surface area (Å²) >= 11 is 19.3. The summed E-state index contributed by atoms with van der Waals surface area (Å²) in [5.41, 5.74) is 12.6. The maximum atomic E-state index is 11.5. The molecule has 7 heterocycles. The first kappa shape index (κ1) is 105. The van der Waals surface area contributed by atoms with E-state index in [4.69, 9.17) is 13.6 Å². The number of esters is 3. The van der Waals surface area contributed by atoms with Crippen molar-refractivity contribution in [2.75, 3.05) is 95.9 Å². The fourth-order valence-corrected chi connectivity index (χ4v) is 15.5. The van der Waals surface area contributed by atoms with Crippen LogP contribution in [0.2, 0.25) is 0 Å². The van der Waals surface area contributed by atoms with Gasteiger partial charge in [0.1, 0.15) is 21.3 Å². The SMILES string of the molecule is BrCCc1ccc(CN2CCCC2)cc1.CC(=O)OCCBr.CC(=O)OCCc1ccc(CN2CCCC2)cc1.Ic1ccc(CN2CCCC2)cc1.O=c1ccc2c(CCc3ccc(CN4CCCC4)cc3)c([N+](=O)[O-])ccc2o1.O=c1ccc2c(I)c([N+](=O)[O-])ccc2o1.[CH2-]COC(C)=O.[CH2-]Cc1ccc(CN2CCCC2)cc1.[Zn+][Br].[Zn+][Br]. The van der Waals surface area contributed by atoms with Crippen molar-refractivity contribution < 1.29 is 80.0 Å². The molecule has 0 aliphatic carbocycles. The van der Waals surface area contributed by atoms with E-state index in [0.717, 1.165) is 62.9 Å². The molecule has 5 fully saturated rings. The molecule has 5 saturated heterocycles. The molecule has 5 aliphatic rings. The Kier molecular flexibility index (Phi) is 54.2. The first-order valence-corrected chi connectivity index (χ1v) is 58.8. The molecule has 7 aromatic carbocycles. The van der Waals surface area contributed by atoms with Gasteiger partial charge in [0.05, 0.1) is 16.5 Å². The average molecular weight is 2230 g/mol. The molecular weight excluding hydrogens is 2120 g/mol. The van der Waals surface area contributed by atoms with Gasteiger partial charge in [0, 0.05) is 115 Å². The molecule has 21 nitrogen and oxygen atoms in total. The average Bonchev–Trinajstić information content (AvgIpc) is 1.06. The second-order valence-electron chi connectivity index (χ2n) is 28.8. The Balaban J connectivity index is 0.000000251. The quantitative estimate of drug-likeness (QED) is 0.00628. The third kappa shape index (κ3) is 42.1. The van der Waals surface area contributed by atoms with E-state index >= 15 is 0 Å². The molecule has 640 valence electrons. The van der Waals surface area contributed by atoms with Crippen LogP contribution in [-0.4, -0.2) is 148 Å². The van der Waals surface area contributed by atoms with Gasteiger partial charge in [-0.3, -0.25) is 59.1 Å². The number of carbonyl (C=O) groups is 3. The summed E-state index contributed by atoms with van der Waals surface area (Å²) in [5.74, 6) is -0.704. The predicted octanol–water partition coefficient (Wildman–Crippen LogP) is 20.6. The summed E-state index contributed by atoms with van der Waals surface area (Å²) in [6.45, 7) is 30.4. The number of hydrogen-bond donors (Lipinski definition) is 0. The number of rotatable bonds is 24. The van der Waals surface area contributed by atoms with Crippen molar-refractivity contribution >= 4 is 156 Å². The molecule has 0 atom stereocenters. The van der Waals surface area contributed by atoms with Crippen LogP contribution in [0, 0.1) is 41.2 Å². The van der Waals surface area contributed by atoms with Gasteiger partial charge in [-0.15, -0.1) is 0 Å². The molecule has 0 spiro atoms. The first-order chi connectivity index (χ1) is 58.1. The number of benzene rings is 7. The second-order valence-corrected chi connectivity index (χ2v) is 32.7. The number of nitrogens with zero attached hydrogens (tertiary/aromatic N) is 7. The van der Waals surface area contributed by atoms with Crippen LogP contribution in [0.15, 0.2) is 188 Å². The first-order valence-electron chi connectivity index (χ1n) is 40.5. The van der Waals surface area contributed by atoms with E-state index in [1.54, 1.807) is 6.07 Å². The molecule has 0 radical (unpaired) electrons. The number of halogens is 6. The molecular formula is C91H111Br4I2N7O14Zn2. The van der Waals surface area contributed by atoms with Gasteiger partial charge < -0.3 is 36.9 Å². The number of carbonyl (C=O) groups excluding carboxylic acids is 3. The van der Waals surface area contributed by atoms with Crippen LogP contribution in [0.3, 0.4) is 0 Å². The molecule has 120 heavy (non-hydrogen) atoms. The van der Waals surface area contributed by atoms with E-state index in [9.17, 15) is 44.2 Å². The van der Waals surface area contributed by atoms with Crippen molar-refractivity contribution in [2.45, 2.75) is 150 Å². The van der Waals surface area contributed by atoms with E-state index in [2.05, 4.69) is 251 Å². The topological polar surface area (TPSA) is 242 Å². The van der Waals surface area contributed by atoms with E-state index in [-0.39, 0.29) is 40.8 Å². The van der Waals surface area contributed by atoms with Crippen molar-refractivity contribution in [3.8, 4) is 0 Å². The van der Waals surface area contributed by atoms with Gasteiger partial charge in [-0.1, -0.05) is 147 Å². The fourth-order valence-electron chi connectivity index (χ4n) is 13.7. The molecule has 14 rings (SSSR count). The number of likely N-dealkylation sites (tertiary alicyclic amines) is 5. The minimum atomic E-state index is -0.466. The van der Waals surface area contributed by atoms with Crippen LogP contribution < -0.4 is 11.3 Å². The zero-order chi connectivity index (χ0) is 87.4. The number of hydrogen-bond acceptors (Lipinski definition) is 19. The molecule has 0 N–H and O–H groups in total. The van der Waals surface area contributed by atoms with E-state index in [1.807, 2.05) is 22.6 Å². The van der Waals surface area contributed by atoms with Crippen LogP contribution in [0.4, 0.5) is 11.4 Å². The molecule has 0 bridgehead atoms. The van der Waals surface area contributed by atoms with Crippen LogP contribution in [0.5, 0.6) is 0 Å². The zero-order valence-corrected chi connectivity index (χ0v) is 85.9. The van der Waals surface area contributed by atoms with Crippen molar-refractivity contribution in [3.05, 3.63) is 288 Å². The Morgan fingerprint density at radius 3 is 1.02 bits per heavy atom. The Labute approximate surface area is 785 Å². The Morgan fingerprint density at radius 1 is 0.392 bits per heavy atom. The van der Waals surface area contributed by atoms with Crippen molar-refractivity contribution in [1.82, 2.24) is 24.5 Å². The Bertz CT molecular complexity index is 4570. The molecule has 0 unspecified atom stereocenters. The summed E-state index contributed by atoms with van der Waals surface area (Å²) in [7, 11) is 0.